The fraction of sp³-hybridized carbons (Fsp3) is 0.143. The summed E-state index contributed by atoms with van der Waals surface area (Å²) in [5.41, 5.74) is 0.790. The smallest absolute Gasteiger partial charge is 0.365 e. The Labute approximate surface area is 153 Å². The maximum atomic E-state index is 12.9. The molecule has 2 aromatic heterocycles. The molecule has 3 nitrogen and oxygen atoms in total. The van der Waals surface area contributed by atoms with Gasteiger partial charge in [0, 0.05) is 6.54 Å². The molecular formula is C14H7Cl3F3N3S. The van der Waals surface area contributed by atoms with Gasteiger partial charge in [-0.3, -0.25) is 0 Å². The van der Waals surface area contributed by atoms with Gasteiger partial charge in [0.25, 0.3) is 0 Å². The van der Waals surface area contributed by atoms with E-state index in [9.17, 15) is 13.2 Å². The molecule has 0 aliphatic carbocycles. The summed E-state index contributed by atoms with van der Waals surface area (Å²) < 4.78 is 38.6. The van der Waals surface area contributed by atoms with Gasteiger partial charge in [-0.1, -0.05) is 29.3 Å². The lowest BCUT2D eigenvalue weighted by atomic mass is 10.2. The first-order valence-electron chi connectivity index (χ1n) is 6.46. The molecule has 0 radical (unpaired) electrons. The minimum atomic E-state index is -4.45. The molecular weight excluding hydrogens is 406 g/mol. The molecule has 10 heteroatoms. The minimum Gasteiger partial charge on any atom is -0.365 e. The van der Waals surface area contributed by atoms with Gasteiger partial charge >= 0.3 is 6.18 Å². The van der Waals surface area contributed by atoms with Gasteiger partial charge in [-0.05, 0) is 35.4 Å². The number of aromatic nitrogens is 2. The van der Waals surface area contributed by atoms with Gasteiger partial charge in [0.15, 0.2) is 0 Å². The second kappa shape index (κ2) is 6.55. The summed E-state index contributed by atoms with van der Waals surface area (Å²) in [5.74, 6) is 0.225. The first-order chi connectivity index (χ1) is 11.2. The van der Waals surface area contributed by atoms with Crippen molar-refractivity contribution in [2.24, 2.45) is 0 Å². The van der Waals surface area contributed by atoms with E-state index in [2.05, 4.69) is 15.3 Å². The number of nitrogens with one attached hydrogen (secondary N) is 1. The van der Waals surface area contributed by atoms with Gasteiger partial charge in [-0.15, -0.1) is 11.3 Å². The molecule has 3 aromatic rings. The van der Waals surface area contributed by atoms with Crippen molar-refractivity contribution >= 4 is 62.2 Å². The van der Waals surface area contributed by atoms with E-state index >= 15 is 0 Å². The first kappa shape index (κ1) is 17.5. The third-order valence-corrected chi connectivity index (χ3v) is 5.07. The van der Waals surface area contributed by atoms with Crippen molar-refractivity contribution in [2.45, 2.75) is 12.7 Å². The monoisotopic (exact) mass is 411 g/mol. The molecule has 0 spiro atoms. The lowest BCUT2D eigenvalue weighted by molar-refractivity contribution is -0.134. The normalized spacial score (nSPS) is 11.9. The van der Waals surface area contributed by atoms with Crippen molar-refractivity contribution in [3.63, 3.8) is 0 Å². The SMILES string of the molecule is FC(F)(F)c1cc2c(NCc3ccc(Cl)c(Cl)c3)nc(Cl)nc2s1. The Hall–Kier alpha value is -1.28. The fourth-order valence-electron chi connectivity index (χ4n) is 2.01. The van der Waals surface area contributed by atoms with E-state index in [0.29, 0.717) is 21.4 Å². The van der Waals surface area contributed by atoms with Crippen LogP contribution in [-0.4, -0.2) is 9.97 Å². The highest BCUT2D eigenvalue weighted by molar-refractivity contribution is 7.18. The highest BCUT2D eigenvalue weighted by Crippen LogP contribution is 2.39. The number of nitrogens with zero attached hydrogens (tertiary/aromatic N) is 2. The van der Waals surface area contributed by atoms with E-state index in [1.54, 1.807) is 18.2 Å². The zero-order valence-corrected chi connectivity index (χ0v) is 14.7. The van der Waals surface area contributed by atoms with Crippen LogP contribution in [0.4, 0.5) is 19.0 Å². The van der Waals surface area contributed by atoms with Crippen LogP contribution in [0.5, 0.6) is 0 Å². The first-order valence-corrected chi connectivity index (χ1v) is 8.41. The fourth-order valence-corrected chi connectivity index (χ4v) is 3.44. The Morgan fingerprint density at radius 1 is 1.04 bits per heavy atom. The van der Waals surface area contributed by atoms with Crippen molar-refractivity contribution in [3.8, 4) is 0 Å². The Kier molecular flexibility index (Phi) is 4.79. The van der Waals surface area contributed by atoms with Crippen LogP contribution in [-0.2, 0) is 12.7 Å². The summed E-state index contributed by atoms with van der Waals surface area (Å²) in [4.78, 5) is 7.23. The van der Waals surface area contributed by atoms with E-state index in [0.717, 1.165) is 11.6 Å². The highest BCUT2D eigenvalue weighted by atomic mass is 35.5. The van der Waals surface area contributed by atoms with Crippen LogP contribution in [0.2, 0.25) is 15.3 Å². The Morgan fingerprint density at radius 3 is 2.46 bits per heavy atom. The number of hydrogen-bond acceptors (Lipinski definition) is 4. The molecule has 3 rings (SSSR count). The van der Waals surface area contributed by atoms with E-state index in [-0.39, 0.29) is 27.9 Å². The second-order valence-corrected chi connectivity index (χ2v) is 6.95. The molecule has 0 aliphatic rings. The second-order valence-electron chi connectivity index (χ2n) is 4.77. The molecule has 1 aromatic carbocycles. The van der Waals surface area contributed by atoms with Gasteiger partial charge < -0.3 is 5.32 Å². The number of halogens is 6. The van der Waals surface area contributed by atoms with E-state index < -0.39 is 11.1 Å². The number of rotatable bonds is 3. The average molecular weight is 413 g/mol. The lowest BCUT2D eigenvalue weighted by Gasteiger charge is -2.08. The summed E-state index contributed by atoms with van der Waals surface area (Å²) in [6.45, 7) is 0.288. The number of benzene rings is 1. The lowest BCUT2D eigenvalue weighted by Crippen LogP contribution is -2.03. The van der Waals surface area contributed by atoms with Crippen LogP contribution in [0.1, 0.15) is 10.4 Å². The summed E-state index contributed by atoms with van der Waals surface area (Å²) in [6.07, 6.45) is -4.45. The molecule has 0 amide bonds. The maximum absolute atomic E-state index is 12.9. The number of anilines is 1. The molecule has 2 heterocycles. The van der Waals surface area contributed by atoms with Crippen molar-refractivity contribution in [1.82, 2.24) is 9.97 Å². The molecule has 0 unspecified atom stereocenters. The quantitative estimate of drug-likeness (QED) is 0.514. The third kappa shape index (κ3) is 3.69. The van der Waals surface area contributed by atoms with Crippen LogP contribution >= 0.6 is 46.1 Å². The molecule has 126 valence electrons. The molecule has 1 N–H and O–H groups in total. The van der Waals surface area contributed by atoms with Gasteiger partial charge in [0.1, 0.15) is 15.5 Å². The Balaban J connectivity index is 1.93. The maximum Gasteiger partial charge on any atom is 0.425 e. The van der Waals surface area contributed by atoms with Crippen LogP contribution in [0.3, 0.4) is 0 Å². The van der Waals surface area contributed by atoms with Crippen molar-refractivity contribution in [2.75, 3.05) is 5.32 Å². The van der Waals surface area contributed by atoms with Gasteiger partial charge in [0.2, 0.25) is 5.28 Å². The number of hydrogen-bond donors (Lipinski definition) is 1. The number of thiophene rings is 1. The molecule has 0 saturated carbocycles. The predicted molar refractivity (Wildman–Crippen MR) is 91.2 cm³/mol. The number of alkyl halides is 3. The topological polar surface area (TPSA) is 37.8 Å². The summed E-state index contributed by atoms with van der Waals surface area (Å²) in [7, 11) is 0. The highest BCUT2D eigenvalue weighted by Gasteiger charge is 2.33. The molecule has 24 heavy (non-hydrogen) atoms. The van der Waals surface area contributed by atoms with E-state index in [1.807, 2.05) is 0 Å². The predicted octanol–water partition coefficient (Wildman–Crippen LogP) is 6.28. The molecule has 0 aliphatic heterocycles. The van der Waals surface area contributed by atoms with Crippen LogP contribution in [0.15, 0.2) is 24.3 Å². The van der Waals surface area contributed by atoms with Crippen molar-refractivity contribution in [3.05, 3.63) is 50.0 Å². The molecule has 0 atom stereocenters. The standard InChI is InChI=1S/C14H7Cl3F3N3S/c15-8-2-1-6(3-9(8)16)5-21-11-7-4-10(14(18,19)20)24-12(7)23-13(17)22-11/h1-4H,5H2,(H,21,22,23). The van der Waals surface area contributed by atoms with Gasteiger partial charge in [-0.2, -0.15) is 13.2 Å². The Bertz CT molecular complexity index is 911. The van der Waals surface area contributed by atoms with Crippen LogP contribution in [0.25, 0.3) is 10.2 Å². The summed E-state index contributed by atoms with van der Waals surface area (Å²) in [5, 5.41) is 3.89. The third-order valence-electron chi connectivity index (χ3n) is 3.09. The Morgan fingerprint density at radius 2 is 1.79 bits per heavy atom. The van der Waals surface area contributed by atoms with E-state index in [1.165, 1.54) is 0 Å². The zero-order chi connectivity index (χ0) is 17.5. The zero-order valence-electron chi connectivity index (χ0n) is 11.6. The van der Waals surface area contributed by atoms with Crippen LogP contribution < -0.4 is 5.32 Å². The average Bonchev–Trinajstić information content (AvgIpc) is 2.92. The largest absolute Gasteiger partial charge is 0.425 e. The molecule has 0 bridgehead atoms. The van der Waals surface area contributed by atoms with Crippen molar-refractivity contribution < 1.29 is 13.2 Å². The van der Waals surface area contributed by atoms with E-state index in [4.69, 9.17) is 34.8 Å². The molecule has 0 saturated heterocycles. The molecule has 0 fully saturated rings. The van der Waals surface area contributed by atoms with Gasteiger partial charge in [0.05, 0.1) is 15.4 Å². The van der Waals surface area contributed by atoms with Gasteiger partial charge in [-0.25, -0.2) is 9.97 Å². The van der Waals surface area contributed by atoms with Crippen LogP contribution in [0, 0.1) is 0 Å². The van der Waals surface area contributed by atoms with Crippen molar-refractivity contribution in [1.29, 1.82) is 0 Å². The minimum absolute atomic E-state index is 0.130. The summed E-state index contributed by atoms with van der Waals surface area (Å²) >= 11 is 18.1. The number of fused-ring (bicyclic) bond motifs is 1. The summed E-state index contributed by atoms with van der Waals surface area (Å²) in [6, 6.07) is 6.05.